The predicted molar refractivity (Wildman–Crippen MR) is 72.5 cm³/mol. The molecular weight excluding hydrogens is 339 g/mol. The van der Waals surface area contributed by atoms with Gasteiger partial charge in [0.1, 0.15) is 0 Å². The fourth-order valence-electron chi connectivity index (χ4n) is 2.30. The Hall–Kier alpha value is -2.08. The van der Waals surface area contributed by atoms with E-state index in [0.717, 1.165) is 13.1 Å². The van der Waals surface area contributed by atoms with Crippen LogP contribution in [0, 0.1) is 0 Å². The molecule has 0 bridgehead atoms. The molecule has 2 unspecified atom stereocenters. The molecule has 2 fully saturated rings. The molecule has 0 spiro atoms. The minimum atomic E-state index is -5.08. The zero-order valence-electron chi connectivity index (χ0n) is 12.7. The summed E-state index contributed by atoms with van der Waals surface area (Å²) in [6.45, 7) is 2.93. The Kier molecular flexibility index (Phi) is 6.78. The van der Waals surface area contributed by atoms with Gasteiger partial charge in [-0.1, -0.05) is 0 Å². The average Bonchev–Trinajstić information content (AvgIpc) is 2.81. The summed E-state index contributed by atoms with van der Waals surface area (Å²) < 4.78 is 36.6. The Bertz CT molecular complexity index is 487. The van der Waals surface area contributed by atoms with E-state index in [-0.39, 0.29) is 18.6 Å². The van der Waals surface area contributed by atoms with E-state index >= 15 is 0 Å². The number of halogens is 3. The Morgan fingerprint density at radius 2 is 2.00 bits per heavy atom. The number of urea groups is 1. The monoisotopic (exact) mass is 357 g/mol. The van der Waals surface area contributed by atoms with Crippen LogP contribution in [0.25, 0.3) is 0 Å². The van der Waals surface area contributed by atoms with E-state index in [9.17, 15) is 22.8 Å². The van der Waals surface area contributed by atoms with Gasteiger partial charge in [-0.2, -0.15) is 13.2 Å². The lowest BCUT2D eigenvalue weighted by molar-refractivity contribution is -0.192. The molecule has 0 aromatic rings. The van der Waals surface area contributed by atoms with E-state index in [2.05, 4.69) is 5.32 Å². The zero-order chi connectivity index (χ0) is 18.5. The molecule has 3 N–H and O–H groups in total. The number of rotatable bonds is 4. The van der Waals surface area contributed by atoms with Crippen molar-refractivity contribution in [1.82, 2.24) is 15.1 Å². The van der Waals surface area contributed by atoms with E-state index in [1.807, 2.05) is 0 Å². The van der Waals surface area contributed by atoms with Gasteiger partial charge in [0.15, 0.2) is 6.10 Å². The number of carboxylic acid groups (broad SMARTS) is 2. The fraction of sp³-hybridized carbons (Fsp3) is 0.750. The first-order valence-corrected chi connectivity index (χ1v) is 6.90. The Morgan fingerprint density at radius 1 is 1.42 bits per heavy atom. The number of carbonyl (C=O) groups excluding carboxylic acids is 1. The Morgan fingerprint density at radius 3 is 2.42 bits per heavy atom. The number of nitrogens with zero attached hydrogens (tertiary/aromatic N) is 2. The van der Waals surface area contributed by atoms with Crippen molar-refractivity contribution in [3.05, 3.63) is 0 Å². The summed E-state index contributed by atoms with van der Waals surface area (Å²) in [6, 6.07) is 0.0716. The molecule has 0 aromatic heterocycles. The molecule has 0 aromatic carbocycles. The van der Waals surface area contributed by atoms with Crippen molar-refractivity contribution in [2.45, 2.75) is 18.3 Å². The smallest absolute Gasteiger partial charge is 0.479 e. The number of amides is 2. The zero-order valence-corrected chi connectivity index (χ0v) is 12.7. The molecule has 9 nitrogen and oxygen atoms in total. The van der Waals surface area contributed by atoms with Crippen LogP contribution in [0.4, 0.5) is 18.0 Å². The molecule has 138 valence electrons. The molecular formula is C12H18F3N3O6. The van der Waals surface area contributed by atoms with Crippen molar-refractivity contribution < 1.29 is 42.5 Å². The van der Waals surface area contributed by atoms with Crippen LogP contribution in [-0.4, -0.2) is 96.1 Å². The number of fused-ring (bicyclic) bond motifs is 1. The van der Waals surface area contributed by atoms with Crippen LogP contribution < -0.4 is 5.32 Å². The number of aliphatic carboxylic acids is 2. The summed E-state index contributed by atoms with van der Waals surface area (Å²) in [5.41, 5.74) is 0. The van der Waals surface area contributed by atoms with Crippen molar-refractivity contribution in [2.75, 3.05) is 39.8 Å². The number of carbonyl (C=O) groups is 3. The van der Waals surface area contributed by atoms with E-state index in [4.69, 9.17) is 19.7 Å². The lowest BCUT2D eigenvalue weighted by Crippen LogP contribution is -2.50. The first-order valence-electron chi connectivity index (χ1n) is 6.90. The highest BCUT2D eigenvalue weighted by atomic mass is 19.4. The van der Waals surface area contributed by atoms with Gasteiger partial charge >= 0.3 is 24.1 Å². The van der Waals surface area contributed by atoms with Crippen LogP contribution in [0.15, 0.2) is 0 Å². The number of nitrogens with one attached hydrogen (secondary N) is 1. The normalized spacial score (nSPS) is 21.7. The van der Waals surface area contributed by atoms with Gasteiger partial charge in [0.25, 0.3) is 0 Å². The lowest BCUT2D eigenvalue weighted by Gasteiger charge is -2.28. The van der Waals surface area contributed by atoms with Crippen LogP contribution >= 0.6 is 0 Å². The van der Waals surface area contributed by atoms with Crippen LogP contribution in [-0.2, 0) is 14.3 Å². The molecule has 0 radical (unpaired) electrons. The molecule has 12 heteroatoms. The molecule has 2 amide bonds. The molecule has 0 aliphatic carbocycles. The maximum atomic E-state index is 12.0. The SMILES string of the molecule is COC(CN1CC2CNCCN2C1=O)C(=O)O.O=C(O)C(F)(F)F. The maximum absolute atomic E-state index is 12.0. The summed E-state index contributed by atoms with van der Waals surface area (Å²) in [7, 11) is 1.34. The van der Waals surface area contributed by atoms with Crippen molar-refractivity contribution in [2.24, 2.45) is 0 Å². The molecule has 24 heavy (non-hydrogen) atoms. The standard InChI is InChI=1S/C10H17N3O4.C2HF3O2/c1-17-8(9(14)15)6-12-5-7-4-11-2-3-13(7)10(12)16;3-2(4,5)1(6)7/h7-8,11H,2-6H2,1H3,(H,14,15);(H,6,7). The Labute approximate surface area is 135 Å². The van der Waals surface area contributed by atoms with Gasteiger partial charge in [-0.25, -0.2) is 14.4 Å². The van der Waals surface area contributed by atoms with Crippen molar-refractivity contribution in [3.8, 4) is 0 Å². The number of hydrogen-bond donors (Lipinski definition) is 3. The largest absolute Gasteiger partial charge is 0.490 e. The van der Waals surface area contributed by atoms with E-state index in [1.165, 1.54) is 7.11 Å². The first-order chi connectivity index (χ1) is 11.1. The maximum Gasteiger partial charge on any atom is 0.490 e. The van der Waals surface area contributed by atoms with Gasteiger partial charge in [0, 0.05) is 33.3 Å². The average molecular weight is 357 g/mol. The van der Waals surface area contributed by atoms with Crippen molar-refractivity contribution >= 4 is 18.0 Å². The van der Waals surface area contributed by atoms with Crippen LogP contribution in [0.1, 0.15) is 0 Å². The number of piperazine rings is 1. The van der Waals surface area contributed by atoms with Gasteiger partial charge in [0.05, 0.1) is 12.6 Å². The van der Waals surface area contributed by atoms with Gasteiger partial charge in [0.2, 0.25) is 0 Å². The third-order valence-electron chi connectivity index (χ3n) is 3.49. The first kappa shape index (κ1) is 20.0. The van der Waals surface area contributed by atoms with Gasteiger partial charge in [-0.15, -0.1) is 0 Å². The summed E-state index contributed by atoms with van der Waals surface area (Å²) in [4.78, 5) is 35.1. The minimum absolute atomic E-state index is 0.0835. The third-order valence-corrected chi connectivity index (χ3v) is 3.49. The summed E-state index contributed by atoms with van der Waals surface area (Å²) >= 11 is 0. The molecule has 2 atom stereocenters. The number of alkyl halides is 3. The highest BCUT2D eigenvalue weighted by Crippen LogP contribution is 2.18. The fourth-order valence-corrected chi connectivity index (χ4v) is 2.30. The van der Waals surface area contributed by atoms with Gasteiger partial charge < -0.3 is 30.1 Å². The molecule has 2 heterocycles. The van der Waals surface area contributed by atoms with Gasteiger partial charge in [-0.05, 0) is 0 Å². The van der Waals surface area contributed by atoms with Crippen LogP contribution in [0.5, 0.6) is 0 Å². The minimum Gasteiger partial charge on any atom is -0.479 e. The summed E-state index contributed by atoms with van der Waals surface area (Å²) in [6.07, 6.45) is -6.03. The second kappa shape index (κ2) is 8.15. The lowest BCUT2D eigenvalue weighted by atomic mass is 10.2. The van der Waals surface area contributed by atoms with E-state index in [1.54, 1.807) is 9.80 Å². The summed E-state index contributed by atoms with van der Waals surface area (Å²) in [5, 5.41) is 19.2. The predicted octanol–water partition coefficient (Wildman–Crippen LogP) is -0.571. The number of methoxy groups -OCH3 is 1. The van der Waals surface area contributed by atoms with Crippen molar-refractivity contribution in [3.63, 3.8) is 0 Å². The highest BCUT2D eigenvalue weighted by molar-refractivity contribution is 5.79. The number of ether oxygens (including phenoxy) is 1. The molecule has 2 aliphatic rings. The second-order valence-corrected chi connectivity index (χ2v) is 5.10. The van der Waals surface area contributed by atoms with Crippen LogP contribution in [0.2, 0.25) is 0 Å². The molecule has 2 rings (SSSR count). The molecule has 0 saturated carbocycles. The number of hydrogen-bond acceptors (Lipinski definition) is 5. The topological polar surface area (TPSA) is 119 Å². The molecule has 2 aliphatic heterocycles. The summed E-state index contributed by atoms with van der Waals surface area (Å²) in [5.74, 6) is -3.80. The number of carboxylic acids is 2. The highest BCUT2D eigenvalue weighted by Gasteiger charge is 2.40. The quantitative estimate of drug-likeness (QED) is 0.616. The Balaban J connectivity index is 0.000000351. The van der Waals surface area contributed by atoms with Crippen LogP contribution in [0.3, 0.4) is 0 Å². The second-order valence-electron chi connectivity index (χ2n) is 5.10. The van der Waals surface area contributed by atoms with Gasteiger partial charge in [-0.3, -0.25) is 0 Å². The van der Waals surface area contributed by atoms with E-state index < -0.39 is 24.2 Å². The molecule has 2 saturated heterocycles. The third kappa shape index (κ3) is 5.23. The van der Waals surface area contributed by atoms with Crippen molar-refractivity contribution in [1.29, 1.82) is 0 Å². The van der Waals surface area contributed by atoms with E-state index in [0.29, 0.717) is 13.1 Å².